The number of rotatable bonds is 2. The van der Waals surface area contributed by atoms with Crippen LogP contribution in [-0.4, -0.2) is 22.7 Å². The molecule has 5 nitrogen and oxygen atoms in total. The Morgan fingerprint density at radius 3 is 2.24 bits per heavy atom. The Hall–Kier alpha value is -2.14. The van der Waals surface area contributed by atoms with Gasteiger partial charge in [0.15, 0.2) is 0 Å². The van der Waals surface area contributed by atoms with Gasteiger partial charge in [0.1, 0.15) is 0 Å². The minimum Gasteiger partial charge on any atom is -0.272 e. The van der Waals surface area contributed by atoms with Crippen LogP contribution in [0.3, 0.4) is 0 Å². The quantitative estimate of drug-likeness (QED) is 0.670. The molecule has 0 bridgehead atoms. The van der Waals surface area contributed by atoms with Crippen LogP contribution < -0.4 is 5.43 Å². The smallest absolute Gasteiger partial charge is 0.271 e. The molecule has 0 saturated carbocycles. The van der Waals surface area contributed by atoms with Gasteiger partial charge >= 0.3 is 0 Å². The van der Waals surface area contributed by atoms with Gasteiger partial charge in [-0.1, -0.05) is 35.9 Å². The highest BCUT2D eigenvalue weighted by molar-refractivity contribution is 6.33. The third-order valence-electron chi connectivity index (χ3n) is 3.84. The molecule has 1 aliphatic heterocycles. The summed E-state index contributed by atoms with van der Waals surface area (Å²) in [4.78, 5) is 36.6. The van der Waals surface area contributed by atoms with Crippen LogP contribution in [0.1, 0.15) is 23.2 Å². The number of nitrogens with zero attached hydrogens (tertiary/aromatic N) is 1. The van der Waals surface area contributed by atoms with Crippen molar-refractivity contribution in [3.63, 3.8) is 0 Å². The Morgan fingerprint density at radius 1 is 1.10 bits per heavy atom. The molecular formula is C15H13ClN2O3. The summed E-state index contributed by atoms with van der Waals surface area (Å²) >= 11 is 5.94. The normalized spacial score (nSPS) is 24.1. The maximum Gasteiger partial charge on any atom is 0.271 e. The topological polar surface area (TPSA) is 66.5 Å². The van der Waals surface area contributed by atoms with Crippen molar-refractivity contribution in [1.82, 2.24) is 10.4 Å². The van der Waals surface area contributed by atoms with E-state index in [1.165, 1.54) is 6.07 Å². The molecule has 21 heavy (non-hydrogen) atoms. The maximum atomic E-state index is 12.2. The number of halogens is 1. The number of amides is 3. The first-order valence-electron chi connectivity index (χ1n) is 6.68. The van der Waals surface area contributed by atoms with Crippen molar-refractivity contribution in [3.05, 3.63) is 47.0 Å². The lowest BCUT2D eigenvalue weighted by molar-refractivity contribution is -0.142. The molecule has 2 atom stereocenters. The largest absolute Gasteiger partial charge is 0.272 e. The van der Waals surface area contributed by atoms with Crippen molar-refractivity contribution < 1.29 is 14.4 Å². The van der Waals surface area contributed by atoms with Gasteiger partial charge in [-0.3, -0.25) is 19.8 Å². The van der Waals surface area contributed by atoms with E-state index in [1.54, 1.807) is 18.2 Å². The van der Waals surface area contributed by atoms with E-state index in [9.17, 15) is 14.4 Å². The minimum atomic E-state index is -0.561. The second-order valence-corrected chi connectivity index (χ2v) is 5.50. The summed E-state index contributed by atoms with van der Waals surface area (Å²) in [5, 5.41) is 1.11. The summed E-state index contributed by atoms with van der Waals surface area (Å²) in [7, 11) is 0. The van der Waals surface area contributed by atoms with Crippen LogP contribution in [0, 0.1) is 11.8 Å². The molecule has 1 aliphatic carbocycles. The van der Waals surface area contributed by atoms with Crippen molar-refractivity contribution >= 4 is 29.3 Å². The minimum absolute atomic E-state index is 0.229. The molecule has 3 rings (SSSR count). The summed E-state index contributed by atoms with van der Waals surface area (Å²) in [5.41, 5.74) is 2.60. The summed E-state index contributed by atoms with van der Waals surface area (Å²) < 4.78 is 0. The van der Waals surface area contributed by atoms with Crippen LogP contribution in [0.5, 0.6) is 0 Å². The molecule has 1 aromatic rings. The fourth-order valence-corrected chi connectivity index (χ4v) is 2.94. The van der Waals surface area contributed by atoms with E-state index in [-0.39, 0.29) is 34.2 Å². The van der Waals surface area contributed by atoms with Crippen LogP contribution in [0.4, 0.5) is 0 Å². The number of hydrogen-bond acceptors (Lipinski definition) is 3. The van der Waals surface area contributed by atoms with Gasteiger partial charge in [0.2, 0.25) is 0 Å². The van der Waals surface area contributed by atoms with E-state index < -0.39 is 5.91 Å². The molecule has 0 spiro atoms. The van der Waals surface area contributed by atoms with Crippen molar-refractivity contribution in [2.45, 2.75) is 12.8 Å². The molecule has 108 valence electrons. The lowest BCUT2D eigenvalue weighted by Crippen LogP contribution is -2.46. The predicted molar refractivity (Wildman–Crippen MR) is 76.1 cm³/mol. The Labute approximate surface area is 126 Å². The van der Waals surface area contributed by atoms with E-state index in [1.807, 2.05) is 12.2 Å². The molecule has 1 fully saturated rings. The van der Waals surface area contributed by atoms with E-state index in [0.29, 0.717) is 12.8 Å². The van der Waals surface area contributed by atoms with Crippen molar-refractivity contribution in [3.8, 4) is 0 Å². The number of carbonyl (C=O) groups is 3. The molecule has 1 heterocycles. The molecule has 2 aliphatic rings. The molecule has 1 N–H and O–H groups in total. The average molecular weight is 305 g/mol. The number of benzene rings is 1. The lowest BCUT2D eigenvalue weighted by atomic mass is 9.85. The molecule has 0 radical (unpaired) electrons. The highest BCUT2D eigenvalue weighted by Gasteiger charge is 2.48. The number of allylic oxidation sites excluding steroid dienone is 2. The number of nitrogens with one attached hydrogen (secondary N) is 1. The van der Waals surface area contributed by atoms with Crippen LogP contribution >= 0.6 is 11.6 Å². The number of hydrogen-bond donors (Lipinski definition) is 1. The number of fused-ring (bicyclic) bond motifs is 1. The zero-order chi connectivity index (χ0) is 15.0. The Balaban J connectivity index is 1.79. The van der Waals surface area contributed by atoms with Crippen LogP contribution in [0.2, 0.25) is 5.02 Å². The van der Waals surface area contributed by atoms with Crippen molar-refractivity contribution in [1.29, 1.82) is 0 Å². The highest BCUT2D eigenvalue weighted by Crippen LogP contribution is 2.34. The first-order valence-corrected chi connectivity index (χ1v) is 7.05. The van der Waals surface area contributed by atoms with Gasteiger partial charge in [-0.25, -0.2) is 0 Å². The Bertz CT molecular complexity index is 630. The summed E-state index contributed by atoms with van der Waals surface area (Å²) in [6.07, 6.45) is 4.86. The van der Waals surface area contributed by atoms with Crippen LogP contribution in [-0.2, 0) is 9.59 Å². The van der Waals surface area contributed by atoms with Gasteiger partial charge in [-0.2, -0.15) is 5.01 Å². The van der Waals surface area contributed by atoms with Crippen molar-refractivity contribution in [2.24, 2.45) is 11.8 Å². The zero-order valence-corrected chi connectivity index (χ0v) is 11.8. The van der Waals surface area contributed by atoms with E-state index >= 15 is 0 Å². The first-order chi connectivity index (χ1) is 10.1. The predicted octanol–water partition coefficient (Wildman–Crippen LogP) is 1.94. The molecule has 0 aromatic heterocycles. The Kier molecular flexibility index (Phi) is 3.51. The monoisotopic (exact) mass is 304 g/mol. The second kappa shape index (κ2) is 5.33. The summed E-state index contributed by atoms with van der Waals surface area (Å²) in [6.45, 7) is 0. The fourth-order valence-electron chi connectivity index (χ4n) is 2.72. The van der Waals surface area contributed by atoms with Gasteiger partial charge < -0.3 is 0 Å². The third kappa shape index (κ3) is 2.34. The third-order valence-corrected chi connectivity index (χ3v) is 4.17. The SMILES string of the molecule is O=C(NN1C(=O)[C@@H]2CC=CC[C@H]2C1=O)c1ccccc1Cl. The highest BCUT2D eigenvalue weighted by atomic mass is 35.5. The van der Waals surface area contributed by atoms with E-state index in [0.717, 1.165) is 5.01 Å². The van der Waals surface area contributed by atoms with Gasteiger partial charge in [-0.15, -0.1) is 0 Å². The van der Waals surface area contributed by atoms with E-state index in [2.05, 4.69) is 5.43 Å². The van der Waals surface area contributed by atoms with Gasteiger partial charge in [0.05, 0.1) is 22.4 Å². The van der Waals surface area contributed by atoms with E-state index in [4.69, 9.17) is 11.6 Å². The number of carbonyl (C=O) groups excluding carboxylic acids is 3. The van der Waals surface area contributed by atoms with Gasteiger partial charge in [-0.05, 0) is 25.0 Å². The summed E-state index contributed by atoms with van der Waals surface area (Å²) in [5.74, 6) is -2.00. The standard InChI is InChI=1S/C15H13ClN2O3/c16-12-8-4-3-7-11(12)13(19)17-18-14(20)9-5-1-2-6-10(9)15(18)21/h1-4,7-10H,5-6H2,(H,17,19)/t9-,10-/m1/s1. The molecule has 0 unspecified atom stereocenters. The molecule has 3 amide bonds. The molecule has 6 heteroatoms. The summed E-state index contributed by atoms with van der Waals surface area (Å²) in [6, 6.07) is 6.48. The maximum absolute atomic E-state index is 12.2. The van der Waals surface area contributed by atoms with Crippen LogP contribution in [0.15, 0.2) is 36.4 Å². The van der Waals surface area contributed by atoms with Gasteiger partial charge in [0.25, 0.3) is 17.7 Å². The number of hydrazine groups is 1. The average Bonchev–Trinajstić information content (AvgIpc) is 2.73. The van der Waals surface area contributed by atoms with Crippen LogP contribution in [0.25, 0.3) is 0 Å². The lowest BCUT2D eigenvalue weighted by Gasteiger charge is -2.16. The zero-order valence-electron chi connectivity index (χ0n) is 11.1. The second-order valence-electron chi connectivity index (χ2n) is 5.09. The Morgan fingerprint density at radius 2 is 1.67 bits per heavy atom. The first kappa shape index (κ1) is 13.8. The van der Waals surface area contributed by atoms with Gasteiger partial charge in [0, 0.05) is 0 Å². The molecular weight excluding hydrogens is 292 g/mol. The molecule has 1 aromatic carbocycles. The molecule has 1 saturated heterocycles. The van der Waals surface area contributed by atoms with Crippen molar-refractivity contribution in [2.75, 3.05) is 0 Å². The fraction of sp³-hybridized carbons (Fsp3) is 0.267. The number of imide groups is 1.